The molecule has 0 aliphatic heterocycles. The average Bonchev–Trinajstić information content (AvgIpc) is 2.31. The predicted molar refractivity (Wildman–Crippen MR) is 70.1 cm³/mol. The number of halogens is 1. The molecule has 1 aromatic carbocycles. The molecule has 2 aromatic rings. The maximum Gasteiger partial charge on any atom is 0.133 e. The Kier molecular flexibility index (Phi) is 3.45. The molecule has 1 heterocycles. The molecule has 1 nitrogen and oxygen atoms in total. The molecule has 0 aliphatic carbocycles. The second kappa shape index (κ2) is 4.84. The van der Waals surface area contributed by atoms with Crippen molar-refractivity contribution in [3.05, 3.63) is 41.0 Å². The zero-order valence-electron chi connectivity index (χ0n) is 9.70. The Balaban J connectivity index is 2.57. The number of hydrogen-bond acceptors (Lipinski definition) is 1. The van der Waals surface area contributed by atoms with Crippen LogP contribution in [0.1, 0.15) is 38.2 Å². The molecule has 0 unspecified atom stereocenters. The van der Waals surface area contributed by atoms with Crippen LogP contribution < -0.4 is 0 Å². The lowest BCUT2D eigenvalue weighted by Crippen LogP contribution is -1.98. The van der Waals surface area contributed by atoms with Gasteiger partial charge in [0.1, 0.15) is 5.15 Å². The molecule has 2 heteroatoms. The fourth-order valence-corrected chi connectivity index (χ4v) is 2.42. The summed E-state index contributed by atoms with van der Waals surface area (Å²) >= 11 is 6.24. The van der Waals surface area contributed by atoms with Gasteiger partial charge >= 0.3 is 0 Å². The molecular weight excluding hydrogens is 218 g/mol. The molecule has 0 spiro atoms. The standard InChI is InChI=1S/C14H16ClN/c1-3-10(4-2)12-9-11-7-5-6-8-13(11)16-14(12)15/h5-10H,3-4H2,1-2H3. The first kappa shape index (κ1) is 11.4. The highest BCUT2D eigenvalue weighted by molar-refractivity contribution is 6.30. The van der Waals surface area contributed by atoms with Crippen LogP contribution in [0.15, 0.2) is 30.3 Å². The summed E-state index contributed by atoms with van der Waals surface area (Å²) in [5.41, 5.74) is 2.16. The summed E-state index contributed by atoms with van der Waals surface area (Å²) in [5.74, 6) is 0.518. The van der Waals surface area contributed by atoms with Crippen LogP contribution in [0.25, 0.3) is 10.9 Å². The Morgan fingerprint density at radius 3 is 2.56 bits per heavy atom. The van der Waals surface area contributed by atoms with Crippen LogP contribution in [0.5, 0.6) is 0 Å². The zero-order chi connectivity index (χ0) is 11.5. The van der Waals surface area contributed by atoms with E-state index in [1.807, 2.05) is 18.2 Å². The van der Waals surface area contributed by atoms with Gasteiger partial charge in [-0.2, -0.15) is 0 Å². The molecule has 1 aromatic heterocycles. The maximum atomic E-state index is 6.24. The average molecular weight is 234 g/mol. The number of para-hydroxylation sites is 1. The molecule has 16 heavy (non-hydrogen) atoms. The normalized spacial score (nSPS) is 11.2. The molecule has 0 amide bonds. The molecular formula is C14H16ClN. The third kappa shape index (κ3) is 2.05. The number of nitrogens with zero attached hydrogens (tertiary/aromatic N) is 1. The molecule has 0 saturated heterocycles. The van der Waals surface area contributed by atoms with Crippen molar-refractivity contribution in [1.82, 2.24) is 4.98 Å². The Bertz CT molecular complexity index is 489. The lowest BCUT2D eigenvalue weighted by atomic mass is 9.94. The van der Waals surface area contributed by atoms with E-state index in [4.69, 9.17) is 11.6 Å². The zero-order valence-corrected chi connectivity index (χ0v) is 10.5. The van der Waals surface area contributed by atoms with Crippen LogP contribution >= 0.6 is 11.6 Å². The van der Waals surface area contributed by atoms with Crippen molar-refractivity contribution in [3.8, 4) is 0 Å². The first-order valence-electron chi connectivity index (χ1n) is 5.81. The van der Waals surface area contributed by atoms with Crippen LogP contribution in [0.2, 0.25) is 5.15 Å². The first-order valence-corrected chi connectivity index (χ1v) is 6.19. The van der Waals surface area contributed by atoms with Crippen LogP contribution in [-0.4, -0.2) is 4.98 Å². The molecule has 84 valence electrons. The van der Waals surface area contributed by atoms with Gasteiger partial charge in [0.05, 0.1) is 5.52 Å². The van der Waals surface area contributed by atoms with Gasteiger partial charge in [-0.1, -0.05) is 43.6 Å². The van der Waals surface area contributed by atoms with Crippen LogP contribution in [0, 0.1) is 0 Å². The Hall–Kier alpha value is -1.08. The number of benzene rings is 1. The van der Waals surface area contributed by atoms with Crippen molar-refractivity contribution in [2.24, 2.45) is 0 Å². The van der Waals surface area contributed by atoms with E-state index < -0.39 is 0 Å². The SMILES string of the molecule is CCC(CC)c1cc2ccccc2nc1Cl. The van der Waals surface area contributed by atoms with E-state index in [0.29, 0.717) is 11.1 Å². The smallest absolute Gasteiger partial charge is 0.133 e. The fraction of sp³-hybridized carbons (Fsp3) is 0.357. The van der Waals surface area contributed by atoms with Crippen molar-refractivity contribution >= 4 is 22.5 Å². The lowest BCUT2D eigenvalue weighted by molar-refractivity contribution is 0.641. The van der Waals surface area contributed by atoms with Crippen molar-refractivity contribution in [3.63, 3.8) is 0 Å². The van der Waals surface area contributed by atoms with Gasteiger partial charge in [0.25, 0.3) is 0 Å². The third-order valence-electron chi connectivity index (χ3n) is 3.13. The van der Waals surface area contributed by atoms with Gasteiger partial charge in [-0.3, -0.25) is 0 Å². The van der Waals surface area contributed by atoms with Gasteiger partial charge < -0.3 is 0 Å². The summed E-state index contributed by atoms with van der Waals surface area (Å²) < 4.78 is 0. The largest absolute Gasteiger partial charge is 0.236 e. The number of pyridine rings is 1. The second-order valence-corrected chi connectivity index (χ2v) is 4.43. The van der Waals surface area contributed by atoms with Gasteiger partial charge in [-0.25, -0.2) is 4.98 Å². The highest BCUT2D eigenvalue weighted by Gasteiger charge is 2.12. The van der Waals surface area contributed by atoms with Crippen LogP contribution in [-0.2, 0) is 0 Å². The number of fused-ring (bicyclic) bond motifs is 1. The molecule has 0 N–H and O–H groups in total. The van der Waals surface area contributed by atoms with E-state index in [0.717, 1.165) is 18.4 Å². The van der Waals surface area contributed by atoms with Crippen molar-refractivity contribution in [2.75, 3.05) is 0 Å². The molecule has 0 aliphatic rings. The van der Waals surface area contributed by atoms with Gasteiger partial charge in [0.2, 0.25) is 0 Å². The summed E-state index contributed by atoms with van der Waals surface area (Å²) in [6.07, 6.45) is 2.21. The van der Waals surface area contributed by atoms with E-state index in [-0.39, 0.29) is 0 Å². The molecule has 0 bridgehead atoms. The van der Waals surface area contributed by atoms with Crippen LogP contribution in [0.4, 0.5) is 0 Å². The summed E-state index contributed by atoms with van der Waals surface area (Å²) in [4.78, 5) is 4.46. The summed E-state index contributed by atoms with van der Waals surface area (Å²) in [5, 5.41) is 1.83. The Morgan fingerprint density at radius 1 is 1.19 bits per heavy atom. The van der Waals surface area contributed by atoms with Gasteiger partial charge in [0, 0.05) is 5.39 Å². The highest BCUT2D eigenvalue weighted by atomic mass is 35.5. The van der Waals surface area contributed by atoms with E-state index in [2.05, 4.69) is 31.0 Å². The highest BCUT2D eigenvalue weighted by Crippen LogP contribution is 2.30. The lowest BCUT2D eigenvalue weighted by Gasteiger charge is -2.14. The minimum atomic E-state index is 0.518. The Labute approximate surface area is 101 Å². The van der Waals surface area contributed by atoms with E-state index in [1.165, 1.54) is 10.9 Å². The summed E-state index contributed by atoms with van der Waals surface area (Å²) in [7, 11) is 0. The van der Waals surface area contributed by atoms with E-state index >= 15 is 0 Å². The van der Waals surface area contributed by atoms with Gasteiger partial charge in [0.15, 0.2) is 0 Å². The number of aromatic nitrogens is 1. The molecule has 2 rings (SSSR count). The van der Waals surface area contributed by atoms with Crippen molar-refractivity contribution in [2.45, 2.75) is 32.6 Å². The van der Waals surface area contributed by atoms with E-state index in [1.54, 1.807) is 0 Å². The third-order valence-corrected chi connectivity index (χ3v) is 3.43. The van der Waals surface area contributed by atoms with Crippen molar-refractivity contribution < 1.29 is 0 Å². The van der Waals surface area contributed by atoms with Crippen molar-refractivity contribution in [1.29, 1.82) is 0 Å². The van der Waals surface area contributed by atoms with E-state index in [9.17, 15) is 0 Å². The monoisotopic (exact) mass is 233 g/mol. The fourth-order valence-electron chi connectivity index (χ4n) is 2.12. The predicted octanol–water partition coefficient (Wildman–Crippen LogP) is 4.79. The molecule has 0 fully saturated rings. The number of hydrogen-bond donors (Lipinski definition) is 0. The summed E-state index contributed by atoms with van der Waals surface area (Å²) in [6.45, 7) is 4.39. The van der Waals surface area contributed by atoms with Crippen LogP contribution in [0.3, 0.4) is 0 Å². The topological polar surface area (TPSA) is 12.9 Å². The van der Waals surface area contributed by atoms with Gasteiger partial charge in [-0.05, 0) is 36.5 Å². The maximum absolute atomic E-state index is 6.24. The number of rotatable bonds is 3. The minimum absolute atomic E-state index is 0.518. The molecule has 0 saturated carbocycles. The molecule has 0 radical (unpaired) electrons. The van der Waals surface area contributed by atoms with Gasteiger partial charge in [-0.15, -0.1) is 0 Å². The molecule has 0 atom stereocenters. The quantitative estimate of drug-likeness (QED) is 0.695. The summed E-state index contributed by atoms with van der Waals surface area (Å²) in [6, 6.07) is 10.3. The Morgan fingerprint density at radius 2 is 1.88 bits per heavy atom. The first-order chi connectivity index (χ1) is 7.76. The second-order valence-electron chi connectivity index (χ2n) is 4.07. The minimum Gasteiger partial charge on any atom is -0.236 e.